The zero-order chi connectivity index (χ0) is 25.4. The molecule has 6 amide bonds. The second-order valence-electron chi connectivity index (χ2n) is 8.62. The summed E-state index contributed by atoms with van der Waals surface area (Å²) in [4.78, 5) is 66.0. The smallest absolute Gasteiger partial charge is 0.325 e. The monoisotopic (exact) mass is 507 g/mol. The van der Waals surface area contributed by atoms with Crippen molar-refractivity contribution in [1.29, 1.82) is 0 Å². The van der Waals surface area contributed by atoms with Gasteiger partial charge in [0.1, 0.15) is 6.04 Å². The number of carbonyl (C=O) groups is 5. The zero-order valence-electron chi connectivity index (χ0n) is 20.1. The number of nitrogens with one attached hydrogen (secondary N) is 3. The molecular weight excluding hydrogens is 474 g/mol. The Kier molecular flexibility index (Phi) is 9.21. The zero-order valence-corrected chi connectivity index (χ0v) is 20.9. The molecule has 0 bridgehead atoms. The van der Waals surface area contributed by atoms with Crippen LogP contribution in [0.15, 0.2) is 17.5 Å². The van der Waals surface area contributed by atoms with Crippen molar-refractivity contribution in [3.63, 3.8) is 0 Å². The quantitative estimate of drug-likeness (QED) is 0.168. The fourth-order valence-corrected chi connectivity index (χ4v) is 4.77. The van der Waals surface area contributed by atoms with Gasteiger partial charge in [0.05, 0.1) is 6.54 Å². The minimum Gasteiger partial charge on any atom is -0.349 e. The highest BCUT2D eigenvalue weighted by Crippen LogP contribution is 2.23. The van der Waals surface area contributed by atoms with Crippen molar-refractivity contribution in [3.8, 4) is 0 Å². The van der Waals surface area contributed by atoms with Crippen molar-refractivity contribution < 1.29 is 28.7 Å². The van der Waals surface area contributed by atoms with Gasteiger partial charge in [-0.05, 0) is 17.9 Å². The summed E-state index contributed by atoms with van der Waals surface area (Å²) < 4.78 is 5.18. The maximum Gasteiger partial charge on any atom is 0.325 e. The molecular formula is C23H33N5O6S. The van der Waals surface area contributed by atoms with E-state index in [1.54, 1.807) is 17.5 Å². The summed E-state index contributed by atoms with van der Waals surface area (Å²) in [6.45, 7) is 3.00. The van der Waals surface area contributed by atoms with Crippen molar-refractivity contribution >= 4 is 41.0 Å². The molecule has 3 N–H and O–H groups in total. The maximum absolute atomic E-state index is 13.0. The molecule has 2 fully saturated rings. The van der Waals surface area contributed by atoms with Gasteiger partial charge in [-0.15, -0.1) is 11.3 Å². The molecule has 0 aliphatic carbocycles. The van der Waals surface area contributed by atoms with Gasteiger partial charge < -0.3 is 25.6 Å². The molecule has 0 radical (unpaired) electrons. The number of β-lactam (4-membered cyclic amide) rings is 1. The van der Waals surface area contributed by atoms with Gasteiger partial charge >= 0.3 is 17.8 Å². The lowest BCUT2D eigenvalue weighted by molar-refractivity contribution is -0.167. The third-order valence-electron chi connectivity index (χ3n) is 6.23. The number of carbonyl (C=O) groups excluding carboxylic acids is 5. The number of unbranched alkanes of at least 4 members (excludes halogenated alkanes) is 5. The Hall–Kier alpha value is -2.99. The van der Waals surface area contributed by atoms with Gasteiger partial charge in [-0.2, -0.15) is 0 Å². The van der Waals surface area contributed by atoms with E-state index in [2.05, 4.69) is 22.9 Å². The number of hydrogen-bond acceptors (Lipinski definition) is 7. The first kappa shape index (κ1) is 26.6. The molecule has 192 valence electrons. The van der Waals surface area contributed by atoms with Crippen LogP contribution in [-0.2, 0) is 23.9 Å². The number of piperazine rings is 1. The van der Waals surface area contributed by atoms with Gasteiger partial charge in [0.15, 0.2) is 0 Å². The van der Waals surface area contributed by atoms with Crippen LogP contribution in [0.1, 0.15) is 56.4 Å². The van der Waals surface area contributed by atoms with Crippen molar-refractivity contribution in [2.75, 3.05) is 33.3 Å². The maximum atomic E-state index is 13.0. The van der Waals surface area contributed by atoms with Crippen LogP contribution in [0.3, 0.4) is 0 Å². The molecule has 0 aromatic carbocycles. The molecule has 1 aromatic heterocycles. The Morgan fingerprint density at radius 1 is 1.14 bits per heavy atom. The predicted octanol–water partition coefficient (Wildman–Crippen LogP) is 1.12. The number of rotatable bonds is 12. The summed E-state index contributed by atoms with van der Waals surface area (Å²) in [5.74, 6) is -2.80. The van der Waals surface area contributed by atoms with E-state index in [9.17, 15) is 24.0 Å². The van der Waals surface area contributed by atoms with E-state index >= 15 is 0 Å². The highest BCUT2D eigenvalue weighted by molar-refractivity contribution is 7.10. The molecule has 2 aliphatic rings. The number of nitrogens with zero attached hydrogens (tertiary/aromatic N) is 2. The highest BCUT2D eigenvalue weighted by atomic mass is 32.1. The number of urea groups is 1. The topological polar surface area (TPSA) is 137 Å². The fraction of sp³-hybridized carbons (Fsp3) is 0.609. The lowest BCUT2D eigenvalue weighted by Crippen LogP contribution is -2.74. The Morgan fingerprint density at radius 3 is 2.49 bits per heavy atom. The van der Waals surface area contributed by atoms with Crippen LogP contribution in [0, 0.1) is 0 Å². The van der Waals surface area contributed by atoms with Crippen LogP contribution in [0.5, 0.6) is 0 Å². The Labute approximate surface area is 208 Å². The number of thiophene rings is 1. The molecule has 11 nitrogen and oxygen atoms in total. The van der Waals surface area contributed by atoms with Crippen LogP contribution in [-0.4, -0.2) is 78.5 Å². The first-order valence-electron chi connectivity index (χ1n) is 11.9. The number of amides is 6. The van der Waals surface area contributed by atoms with Crippen LogP contribution in [0.2, 0.25) is 0 Å². The van der Waals surface area contributed by atoms with E-state index < -0.39 is 41.4 Å². The van der Waals surface area contributed by atoms with Crippen molar-refractivity contribution in [3.05, 3.63) is 22.4 Å². The van der Waals surface area contributed by atoms with Gasteiger partial charge in [-0.3, -0.25) is 24.1 Å². The van der Waals surface area contributed by atoms with Crippen LogP contribution < -0.4 is 16.0 Å². The molecule has 2 atom stereocenters. The summed E-state index contributed by atoms with van der Waals surface area (Å²) in [6.07, 6.45) is 6.40. The first-order chi connectivity index (χ1) is 16.8. The van der Waals surface area contributed by atoms with E-state index in [0.717, 1.165) is 37.0 Å². The van der Waals surface area contributed by atoms with Gasteiger partial charge in [0.25, 0.3) is 11.8 Å². The van der Waals surface area contributed by atoms with Gasteiger partial charge in [-0.25, -0.2) is 4.79 Å². The predicted molar refractivity (Wildman–Crippen MR) is 128 cm³/mol. The summed E-state index contributed by atoms with van der Waals surface area (Å²) in [7, 11) is 1.30. The summed E-state index contributed by atoms with van der Waals surface area (Å²) in [5, 5.41) is 9.32. The standard InChI is InChI=1S/C23H33N5O6S/c1-3-4-5-6-7-8-11-27-12-13-28(20(31)19(27)30)22(33)25-17(16-10-9-14-35-16)18(29)26-23(34-2)15-24-21(23)32/h9-10,14,17H,3-8,11-13,15H2,1-2H3,(H,24,32)(H,25,33)(H,26,29)/t17?,23-/m0/s1. The lowest BCUT2D eigenvalue weighted by Gasteiger charge is -2.40. The molecule has 35 heavy (non-hydrogen) atoms. The van der Waals surface area contributed by atoms with Crippen LogP contribution >= 0.6 is 11.3 Å². The highest BCUT2D eigenvalue weighted by Gasteiger charge is 2.49. The first-order valence-corrected chi connectivity index (χ1v) is 12.8. The Balaban J connectivity index is 1.59. The molecule has 3 heterocycles. The largest absolute Gasteiger partial charge is 0.349 e. The Morgan fingerprint density at radius 2 is 1.89 bits per heavy atom. The van der Waals surface area contributed by atoms with E-state index in [1.807, 2.05) is 0 Å². The molecule has 12 heteroatoms. The second kappa shape index (κ2) is 12.1. The number of ether oxygens (including phenoxy) is 1. The van der Waals surface area contributed by atoms with Gasteiger partial charge in [0.2, 0.25) is 5.72 Å². The van der Waals surface area contributed by atoms with E-state index in [4.69, 9.17) is 4.74 Å². The molecule has 2 saturated heterocycles. The second-order valence-corrected chi connectivity index (χ2v) is 9.60. The summed E-state index contributed by atoms with van der Waals surface area (Å²) in [5.41, 5.74) is -1.51. The number of imide groups is 1. The third-order valence-corrected chi connectivity index (χ3v) is 7.17. The summed E-state index contributed by atoms with van der Waals surface area (Å²) >= 11 is 1.23. The third kappa shape index (κ3) is 6.17. The van der Waals surface area contributed by atoms with E-state index in [1.165, 1.54) is 29.8 Å². The molecule has 2 aliphatic heterocycles. The normalized spacial score (nSPS) is 20.8. The molecule has 0 saturated carbocycles. The van der Waals surface area contributed by atoms with Gasteiger partial charge in [-0.1, -0.05) is 45.1 Å². The fourth-order valence-electron chi connectivity index (χ4n) is 4.00. The number of hydrogen-bond donors (Lipinski definition) is 3. The number of methoxy groups -OCH3 is 1. The van der Waals surface area contributed by atoms with Crippen molar-refractivity contribution in [1.82, 2.24) is 25.8 Å². The van der Waals surface area contributed by atoms with Crippen molar-refractivity contribution in [2.24, 2.45) is 0 Å². The average Bonchev–Trinajstić information content (AvgIpc) is 3.39. The molecule has 1 unspecified atom stereocenters. The minimum absolute atomic E-state index is 0.0371. The molecule has 1 aromatic rings. The van der Waals surface area contributed by atoms with Crippen LogP contribution in [0.4, 0.5) is 4.79 Å². The Bertz CT molecular complexity index is 935. The average molecular weight is 508 g/mol. The van der Waals surface area contributed by atoms with Gasteiger partial charge in [0, 0.05) is 31.6 Å². The minimum atomic E-state index is -1.51. The van der Waals surface area contributed by atoms with Crippen molar-refractivity contribution in [2.45, 2.75) is 57.2 Å². The molecule has 0 spiro atoms. The summed E-state index contributed by atoms with van der Waals surface area (Å²) in [6, 6.07) is 1.35. The van der Waals surface area contributed by atoms with Crippen LogP contribution in [0.25, 0.3) is 0 Å². The van der Waals surface area contributed by atoms with E-state index in [0.29, 0.717) is 11.4 Å². The lowest BCUT2D eigenvalue weighted by atomic mass is 10.1. The SMILES string of the molecule is CCCCCCCCN1CCN(C(=O)NC(C(=O)N[C@]2(OC)CNC2=O)c2cccs2)C(=O)C1=O. The van der Waals surface area contributed by atoms with E-state index in [-0.39, 0.29) is 19.6 Å². The molecule has 3 rings (SSSR count).